The largest absolute Gasteiger partial charge is 0.381 e. The minimum absolute atomic E-state index is 0.0111. The van der Waals surface area contributed by atoms with E-state index in [-0.39, 0.29) is 16.8 Å². The molecule has 1 saturated heterocycles. The van der Waals surface area contributed by atoms with Crippen LogP contribution in [0.15, 0.2) is 6.20 Å². The first-order valence-corrected chi connectivity index (χ1v) is 6.03. The van der Waals surface area contributed by atoms with Gasteiger partial charge in [-0.15, -0.1) is 0 Å². The quantitative estimate of drug-likeness (QED) is 0.511. The van der Waals surface area contributed by atoms with Crippen molar-refractivity contribution in [1.82, 2.24) is 9.97 Å². The van der Waals surface area contributed by atoms with Gasteiger partial charge in [0.2, 0.25) is 11.1 Å². The highest BCUT2D eigenvalue weighted by atomic mass is 35.5. The molecule has 2 rings (SSSR count). The molecular formula is C10H13ClN4O3. The van der Waals surface area contributed by atoms with E-state index >= 15 is 0 Å². The van der Waals surface area contributed by atoms with E-state index in [1.54, 1.807) is 0 Å². The molecule has 1 atom stereocenters. The summed E-state index contributed by atoms with van der Waals surface area (Å²) in [6.07, 6.45) is 3.16. The summed E-state index contributed by atoms with van der Waals surface area (Å²) in [4.78, 5) is 17.7. The summed E-state index contributed by atoms with van der Waals surface area (Å²) in [6.45, 7) is 2.03. The molecule has 0 spiro atoms. The molecule has 1 aliphatic heterocycles. The standard InChI is InChI=1S/C10H13ClN4O3/c11-10-13-5-8(15(16)17)9(14-10)12-4-7-2-1-3-18-6-7/h5,7H,1-4,6H2,(H,12,13,14). The Balaban J connectivity index is 2.03. The van der Waals surface area contributed by atoms with Crippen LogP contribution in [0.25, 0.3) is 0 Å². The van der Waals surface area contributed by atoms with Crippen molar-refractivity contribution in [2.24, 2.45) is 5.92 Å². The van der Waals surface area contributed by atoms with Crippen molar-refractivity contribution in [3.05, 3.63) is 21.6 Å². The molecule has 2 heterocycles. The van der Waals surface area contributed by atoms with Crippen LogP contribution in [0.3, 0.4) is 0 Å². The predicted octanol–water partition coefficient (Wildman–Crippen LogP) is 1.88. The number of nitrogens with one attached hydrogen (secondary N) is 1. The molecule has 0 saturated carbocycles. The Kier molecular flexibility index (Phi) is 4.27. The van der Waals surface area contributed by atoms with Crippen molar-refractivity contribution >= 4 is 23.1 Å². The summed E-state index contributed by atoms with van der Waals surface area (Å²) in [5, 5.41) is 13.7. The van der Waals surface area contributed by atoms with E-state index in [1.807, 2.05) is 0 Å². The van der Waals surface area contributed by atoms with Crippen molar-refractivity contribution in [3.63, 3.8) is 0 Å². The molecule has 1 N–H and O–H groups in total. The number of rotatable bonds is 4. The number of hydrogen-bond donors (Lipinski definition) is 1. The van der Waals surface area contributed by atoms with Crippen LogP contribution in [0.5, 0.6) is 0 Å². The van der Waals surface area contributed by atoms with Gasteiger partial charge in [0, 0.05) is 13.2 Å². The summed E-state index contributed by atoms with van der Waals surface area (Å²) in [7, 11) is 0. The monoisotopic (exact) mass is 272 g/mol. The molecule has 98 valence electrons. The van der Waals surface area contributed by atoms with Crippen LogP contribution < -0.4 is 5.32 Å². The van der Waals surface area contributed by atoms with E-state index < -0.39 is 4.92 Å². The van der Waals surface area contributed by atoms with E-state index in [0.29, 0.717) is 19.1 Å². The molecule has 0 amide bonds. The highest BCUT2D eigenvalue weighted by Gasteiger charge is 2.19. The first kappa shape index (κ1) is 13.0. The summed E-state index contributed by atoms with van der Waals surface area (Å²) in [5.74, 6) is 0.498. The number of nitrogens with zero attached hydrogens (tertiary/aromatic N) is 3. The zero-order valence-corrected chi connectivity index (χ0v) is 10.4. The molecular weight excluding hydrogens is 260 g/mol. The smallest absolute Gasteiger partial charge is 0.329 e. The zero-order chi connectivity index (χ0) is 13.0. The third-order valence-corrected chi connectivity index (χ3v) is 2.93. The molecule has 0 aromatic carbocycles. The van der Waals surface area contributed by atoms with Crippen molar-refractivity contribution in [3.8, 4) is 0 Å². The predicted molar refractivity (Wildman–Crippen MR) is 65.7 cm³/mol. The summed E-state index contributed by atoms with van der Waals surface area (Å²) < 4.78 is 5.34. The van der Waals surface area contributed by atoms with Gasteiger partial charge in [0.15, 0.2) is 0 Å². The molecule has 0 aliphatic carbocycles. The van der Waals surface area contributed by atoms with Gasteiger partial charge < -0.3 is 10.1 Å². The Bertz CT molecular complexity index is 437. The van der Waals surface area contributed by atoms with Crippen LogP contribution in [-0.2, 0) is 4.74 Å². The van der Waals surface area contributed by atoms with Crippen molar-refractivity contribution < 1.29 is 9.66 Å². The number of nitro groups is 1. The molecule has 1 unspecified atom stereocenters. The normalized spacial score (nSPS) is 19.5. The van der Waals surface area contributed by atoms with E-state index in [0.717, 1.165) is 25.6 Å². The molecule has 18 heavy (non-hydrogen) atoms. The summed E-state index contributed by atoms with van der Waals surface area (Å²) >= 11 is 5.63. The van der Waals surface area contributed by atoms with E-state index in [4.69, 9.17) is 16.3 Å². The van der Waals surface area contributed by atoms with Crippen LogP contribution in [-0.4, -0.2) is 34.6 Å². The minimum Gasteiger partial charge on any atom is -0.381 e. The van der Waals surface area contributed by atoms with Gasteiger partial charge in [-0.25, -0.2) is 4.98 Å². The van der Waals surface area contributed by atoms with Gasteiger partial charge in [0.25, 0.3) is 0 Å². The van der Waals surface area contributed by atoms with Crippen LogP contribution in [0.2, 0.25) is 5.28 Å². The first-order valence-electron chi connectivity index (χ1n) is 5.65. The third kappa shape index (κ3) is 3.27. The van der Waals surface area contributed by atoms with E-state index in [2.05, 4.69) is 15.3 Å². The van der Waals surface area contributed by atoms with Crippen molar-refractivity contribution in [1.29, 1.82) is 0 Å². The summed E-state index contributed by atoms with van der Waals surface area (Å²) in [5.41, 5.74) is -0.170. The van der Waals surface area contributed by atoms with Gasteiger partial charge >= 0.3 is 5.69 Å². The fraction of sp³-hybridized carbons (Fsp3) is 0.600. The molecule has 1 aromatic heterocycles. The van der Waals surface area contributed by atoms with Gasteiger partial charge in [0.1, 0.15) is 6.20 Å². The molecule has 7 nitrogen and oxygen atoms in total. The average molecular weight is 273 g/mol. The maximum Gasteiger partial charge on any atom is 0.329 e. The molecule has 1 aliphatic rings. The molecule has 1 aromatic rings. The van der Waals surface area contributed by atoms with Gasteiger partial charge in [-0.05, 0) is 30.4 Å². The second kappa shape index (κ2) is 5.92. The summed E-state index contributed by atoms with van der Waals surface area (Å²) in [6, 6.07) is 0. The fourth-order valence-corrected chi connectivity index (χ4v) is 1.96. The topological polar surface area (TPSA) is 90.2 Å². The Morgan fingerprint density at radius 3 is 3.17 bits per heavy atom. The third-order valence-electron chi connectivity index (χ3n) is 2.75. The van der Waals surface area contributed by atoms with E-state index in [9.17, 15) is 10.1 Å². The van der Waals surface area contributed by atoms with Crippen molar-refractivity contribution in [2.75, 3.05) is 25.1 Å². The van der Waals surface area contributed by atoms with Gasteiger partial charge in [-0.1, -0.05) is 0 Å². The second-order valence-electron chi connectivity index (χ2n) is 4.09. The van der Waals surface area contributed by atoms with Crippen molar-refractivity contribution in [2.45, 2.75) is 12.8 Å². The number of halogens is 1. The highest BCUT2D eigenvalue weighted by molar-refractivity contribution is 6.28. The van der Waals surface area contributed by atoms with Crippen LogP contribution in [0.4, 0.5) is 11.5 Å². The van der Waals surface area contributed by atoms with Crippen LogP contribution in [0.1, 0.15) is 12.8 Å². The minimum atomic E-state index is -0.532. The first-order chi connectivity index (χ1) is 8.66. The molecule has 1 fully saturated rings. The van der Waals surface area contributed by atoms with Gasteiger partial charge in [-0.3, -0.25) is 10.1 Å². The number of anilines is 1. The Morgan fingerprint density at radius 1 is 1.67 bits per heavy atom. The fourth-order valence-electron chi connectivity index (χ4n) is 1.83. The van der Waals surface area contributed by atoms with E-state index in [1.165, 1.54) is 0 Å². The number of hydrogen-bond acceptors (Lipinski definition) is 6. The zero-order valence-electron chi connectivity index (χ0n) is 9.63. The maximum absolute atomic E-state index is 10.8. The second-order valence-corrected chi connectivity index (χ2v) is 4.43. The SMILES string of the molecule is O=[N+]([O-])c1cnc(Cl)nc1NCC1CCCOC1. The lowest BCUT2D eigenvalue weighted by Gasteiger charge is -2.22. The molecule has 0 bridgehead atoms. The van der Waals surface area contributed by atoms with Crippen LogP contribution in [0, 0.1) is 16.0 Å². The maximum atomic E-state index is 10.8. The number of ether oxygens (including phenoxy) is 1. The van der Waals surface area contributed by atoms with Crippen LogP contribution >= 0.6 is 11.6 Å². The number of aromatic nitrogens is 2. The lowest BCUT2D eigenvalue weighted by Crippen LogP contribution is -2.24. The Morgan fingerprint density at radius 2 is 2.50 bits per heavy atom. The lowest BCUT2D eigenvalue weighted by atomic mass is 10.0. The molecule has 8 heteroatoms. The van der Waals surface area contributed by atoms with Gasteiger partial charge in [0.05, 0.1) is 11.5 Å². The van der Waals surface area contributed by atoms with Gasteiger partial charge in [-0.2, -0.15) is 4.98 Å². The Hall–Kier alpha value is -1.47. The molecule has 0 radical (unpaired) electrons. The highest BCUT2D eigenvalue weighted by Crippen LogP contribution is 2.23. The lowest BCUT2D eigenvalue weighted by molar-refractivity contribution is -0.384. The Labute approximate surface area is 109 Å². The average Bonchev–Trinajstić information content (AvgIpc) is 2.37.